The number of nitrogens with one attached hydrogen (secondary N) is 1. The molecule has 6 heteroatoms. The molecule has 0 fully saturated rings. The van der Waals surface area contributed by atoms with Crippen molar-refractivity contribution in [3.8, 4) is 0 Å². The Morgan fingerprint density at radius 1 is 1.16 bits per heavy atom. The second-order valence-electron chi connectivity index (χ2n) is 5.30. The van der Waals surface area contributed by atoms with Crippen LogP contribution in [-0.2, 0) is 9.59 Å². The van der Waals surface area contributed by atoms with Gasteiger partial charge in [0.1, 0.15) is 0 Å². The summed E-state index contributed by atoms with van der Waals surface area (Å²) < 4.78 is 0. The first-order chi connectivity index (χ1) is 8.36. The Balaban J connectivity index is 0. The summed E-state index contributed by atoms with van der Waals surface area (Å²) in [7, 11) is 0. The molecule has 0 spiro atoms. The lowest BCUT2D eigenvalue weighted by molar-refractivity contribution is -0.140. The van der Waals surface area contributed by atoms with Crippen LogP contribution in [0.2, 0.25) is 0 Å². The third kappa shape index (κ3) is 11.1. The minimum Gasteiger partial charge on any atom is -0.273 e. The van der Waals surface area contributed by atoms with Gasteiger partial charge in [-0.1, -0.05) is 27.7 Å². The predicted octanol–water partition coefficient (Wildman–Crippen LogP) is 2.72. The Morgan fingerprint density at radius 3 is 2.16 bits per heavy atom. The Labute approximate surface area is 127 Å². The van der Waals surface area contributed by atoms with Gasteiger partial charge in [-0.25, -0.2) is 0 Å². The van der Waals surface area contributed by atoms with E-state index < -0.39 is 0 Å². The maximum Gasteiger partial charge on any atom is 0.250 e. The third-order valence-electron chi connectivity index (χ3n) is 2.32. The number of hydrogen-bond donors (Lipinski definition) is 1. The number of carbonyl (C=O) groups excluding carboxylic acids is 2. The standard InChI is InChI=1S/C13H26N2O2S.ClH/c1-10(2)6-7-12(16)14-15(8-11(3)4)13(17)9-18-5;/h10-11H,6-9H2,1-5H3,(H,14,16);1H. The van der Waals surface area contributed by atoms with E-state index in [1.165, 1.54) is 16.8 Å². The van der Waals surface area contributed by atoms with Gasteiger partial charge in [0.25, 0.3) is 5.91 Å². The molecule has 0 radical (unpaired) electrons. The molecule has 0 aromatic rings. The van der Waals surface area contributed by atoms with Crippen molar-refractivity contribution in [3.63, 3.8) is 0 Å². The number of halogens is 1. The fourth-order valence-electron chi connectivity index (χ4n) is 1.40. The topological polar surface area (TPSA) is 49.4 Å². The highest BCUT2D eigenvalue weighted by Gasteiger charge is 2.16. The van der Waals surface area contributed by atoms with Gasteiger partial charge in [0.2, 0.25) is 5.91 Å². The third-order valence-corrected chi connectivity index (χ3v) is 2.86. The number of nitrogens with zero attached hydrogens (tertiary/aromatic N) is 1. The van der Waals surface area contributed by atoms with Crippen LogP contribution in [0.25, 0.3) is 0 Å². The molecule has 0 aliphatic carbocycles. The molecule has 0 aromatic heterocycles. The normalized spacial score (nSPS) is 10.3. The average Bonchev–Trinajstić information content (AvgIpc) is 2.25. The van der Waals surface area contributed by atoms with Gasteiger partial charge in [0.05, 0.1) is 5.75 Å². The van der Waals surface area contributed by atoms with E-state index in [9.17, 15) is 9.59 Å². The van der Waals surface area contributed by atoms with Crippen LogP contribution in [0.1, 0.15) is 40.5 Å². The Bertz CT molecular complexity index is 273. The van der Waals surface area contributed by atoms with Crippen molar-refractivity contribution in [1.82, 2.24) is 10.4 Å². The Kier molecular flexibility index (Phi) is 12.5. The number of hydrogen-bond acceptors (Lipinski definition) is 3. The minimum atomic E-state index is -0.0706. The first-order valence-electron chi connectivity index (χ1n) is 6.45. The first kappa shape index (κ1) is 20.9. The SMILES string of the molecule is CSCC(=O)N(CC(C)C)NC(=O)CCC(C)C.Cl. The summed E-state index contributed by atoms with van der Waals surface area (Å²) in [6.07, 6.45) is 3.20. The fraction of sp³-hybridized carbons (Fsp3) is 0.846. The summed E-state index contributed by atoms with van der Waals surface area (Å²) in [4.78, 5) is 23.6. The van der Waals surface area contributed by atoms with Gasteiger partial charge in [-0.15, -0.1) is 12.4 Å². The van der Waals surface area contributed by atoms with E-state index in [1.54, 1.807) is 0 Å². The summed E-state index contributed by atoms with van der Waals surface area (Å²) in [5.74, 6) is 1.13. The lowest BCUT2D eigenvalue weighted by Crippen LogP contribution is -2.48. The summed E-state index contributed by atoms with van der Waals surface area (Å²) in [6.45, 7) is 8.78. The largest absolute Gasteiger partial charge is 0.273 e. The minimum absolute atomic E-state index is 0. The molecule has 0 rings (SSSR count). The zero-order valence-electron chi connectivity index (χ0n) is 12.6. The highest BCUT2D eigenvalue weighted by atomic mass is 35.5. The average molecular weight is 311 g/mol. The lowest BCUT2D eigenvalue weighted by atomic mass is 10.1. The molecule has 4 nitrogen and oxygen atoms in total. The van der Waals surface area contributed by atoms with Crippen LogP contribution < -0.4 is 5.43 Å². The van der Waals surface area contributed by atoms with Crippen LogP contribution in [0, 0.1) is 11.8 Å². The molecule has 0 aromatic carbocycles. The van der Waals surface area contributed by atoms with Crippen LogP contribution in [-0.4, -0.2) is 35.4 Å². The number of thioether (sulfide) groups is 1. The smallest absolute Gasteiger partial charge is 0.250 e. The molecule has 114 valence electrons. The van der Waals surface area contributed by atoms with E-state index >= 15 is 0 Å². The fourth-order valence-corrected chi connectivity index (χ4v) is 1.81. The highest BCUT2D eigenvalue weighted by molar-refractivity contribution is 7.99. The van der Waals surface area contributed by atoms with Crippen molar-refractivity contribution in [1.29, 1.82) is 0 Å². The molecule has 0 atom stereocenters. The molecule has 0 bridgehead atoms. The van der Waals surface area contributed by atoms with Crippen molar-refractivity contribution >= 4 is 36.0 Å². The summed E-state index contributed by atoms with van der Waals surface area (Å²) in [6, 6.07) is 0. The second-order valence-corrected chi connectivity index (χ2v) is 6.16. The second kappa shape index (κ2) is 11.4. The molecular formula is C13H27ClN2O2S. The quantitative estimate of drug-likeness (QED) is 0.736. The van der Waals surface area contributed by atoms with Gasteiger partial charge in [-0.05, 0) is 24.5 Å². The number of hydrazine groups is 1. The van der Waals surface area contributed by atoms with Crippen molar-refractivity contribution in [3.05, 3.63) is 0 Å². The molecule has 0 saturated carbocycles. The lowest BCUT2D eigenvalue weighted by Gasteiger charge is -2.25. The van der Waals surface area contributed by atoms with Crippen LogP contribution >= 0.6 is 24.2 Å². The molecular weight excluding hydrogens is 284 g/mol. The van der Waals surface area contributed by atoms with Gasteiger partial charge in [0, 0.05) is 13.0 Å². The summed E-state index contributed by atoms with van der Waals surface area (Å²) in [5.41, 5.74) is 2.72. The maximum absolute atomic E-state index is 11.8. The monoisotopic (exact) mass is 310 g/mol. The Hall–Kier alpha value is -0.420. The van der Waals surface area contributed by atoms with E-state index in [2.05, 4.69) is 19.3 Å². The highest BCUT2D eigenvalue weighted by Crippen LogP contribution is 2.05. The molecule has 0 heterocycles. The van der Waals surface area contributed by atoms with Crippen molar-refractivity contribution in [2.45, 2.75) is 40.5 Å². The molecule has 2 amide bonds. The van der Waals surface area contributed by atoms with E-state index in [0.717, 1.165) is 6.42 Å². The van der Waals surface area contributed by atoms with Crippen LogP contribution in [0.4, 0.5) is 0 Å². The van der Waals surface area contributed by atoms with Gasteiger partial charge in [0.15, 0.2) is 0 Å². The summed E-state index contributed by atoms with van der Waals surface area (Å²) >= 11 is 1.47. The number of rotatable bonds is 7. The molecule has 0 aliphatic rings. The van der Waals surface area contributed by atoms with E-state index in [0.29, 0.717) is 30.6 Å². The first-order valence-corrected chi connectivity index (χ1v) is 7.85. The number of carbonyl (C=O) groups is 2. The zero-order valence-corrected chi connectivity index (χ0v) is 14.2. The molecule has 0 aliphatic heterocycles. The van der Waals surface area contributed by atoms with Gasteiger partial charge in [-0.2, -0.15) is 11.8 Å². The predicted molar refractivity (Wildman–Crippen MR) is 84.4 cm³/mol. The Morgan fingerprint density at radius 2 is 1.74 bits per heavy atom. The van der Waals surface area contributed by atoms with E-state index in [4.69, 9.17) is 0 Å². The van der Waals surface area contributed by atoms with Crippen LogP contribution in [0.3, 0.4) is 0 Å². The van der Waals surface area contributed by atoms with Crippen molar-refractivity contribution in [2.75, 3.05) is 18.6 Å². The van der Waals surface area contributed by atoms with Gasteiger partial charge < -0.3 is 0 Å². The van der Waals surface area contributed by atoms with Gasteiger partial charge >= 0.3 is 0 Å². The van der Waals surface area contributed by atoms with Crippen LogP contribution in [0.5, 0.6) is 0 Å². The molecule has 0 unspecified atom stereocenters. The van der Waals surface area contributed by atoms with E-state index in [-0.39, 0.29) is 24.2 Å². The summed E-state index contributed by atoms with van der Waals surface area (Å²) in [5, 5.41) is 1.46. The number of amides is 2. The maximum atomic E-state index is 11.8. The zero-order chi connectivity index (χ0) is 14.1. The van der Waals surface area contributed by atoms with Crippen molar-refractivity contribution in [2.24, 2.45) is 11.8 Å². The molecule has 0 saturated heterocycles. The van der Waals surface area contributed by atoms with Crippen molar-refractivity contribution < 1.29 is 9.59 Å². The molecule has 19 heavy (non-hydrogen) atoms. The van der Waals surface area contributed by atoms with Crippen LogP contribution in [0.15, 0.2) is 0 Å². The van der Waals surface area contributed by atoms with E-state index in [1.807, 2.05) is 20.1 Å². The van der Waals surface area contributed by atoms with Gasteiger partial charge in [-0.3, -0.25) is 20.0 Å². The molecule has 1 N–H and O–H groups in total.